The summed E-state index contributed by atoms with van der Waals surface area (Å²) in [4.78, 5) is 24.7. The molecule has 1 fully saturated rings. The van der Waals surface area contributed by atoms with Gasteiger partial charge in [0, 0.05) is 25.6 Å². The lowest BCUT2D eigenvalue weighted by molar-refractivity contribution is -0.143. The van der Waals surface area contributed by atoms with Crippen LogP contribution in [0.25, 0.3) is 0 Å². The summed E-state index contributed by atoms with van der Waals surface area (Å²) in [6.07, 6.45) is 4.74. The van der Waals surface area contributed by atoms with E-state index in [4.69, 9.17) is 9.84 Å². The van der Waals surface area contributed by atoms with Crippen LogP contribution in [-0.4, -0.2) is 47.7 Å². The lowest BCUT2D eigenvalue weighted by Gasteiger charge is -2.24. The lowest BCUT2D eigenvalue weighted by Crippen LogP contribution is -2.38. The molecule has 1 saturated carbocycles. The van der Waals surface area contributed by atoms with Crippen LogP contribution < -0.4 is 0 Å². The molecule has 0 aromatic carbocycles. The maximum atomic E-state index is 12.1. The fourth-order valence-electron chi connectivity index (χ4n) is 1.85. The number of hydrogen-bond acceptors (Lipinski definition) is 3. The zero-order chi connectivity index (χ0) is 14.3. The van der Waals surface area contributed by atoms with Gasteiger partial charge >= 0.3 is 5.97 Å². The number of ether oxygens (including phenoxy) is 1. The van der Waals surface area contributed by atoms with Crippen LogP contribution in [0.5, 0.6) is 0 Å². The zero-order valence-corrected chi connectivity index (χ0v) is 11.5. The highest BCUT2D eigenvalue weighted by Crippen LogP contribution is 2.28. The minimum Gasteiger partial charge on any atom is -0.481 e. The Labute approximate surface area is 114 Å². The van der Waals surface area contributed by atoms with E-state index in [0.717, 1.165) is 12.8 Å². The smallest absolute Gasteiger partial charge is 0.308 e. The van der Waals surface area contributed by atoms with Gasteiger partial charge in [-0.15, -0.1) is 6.58 Å². The Balaban J connectivity index is 2.32. The third-order valence-electron chi connectivity index (χ3n) is 3.12. The highest BCUT2D eigenvalue weighted by atomic mass is 16.5. The minimum absolute atomic E-state index is 0.0396. The minimum atomic E-state index is -0.854. The van der Waals surface area contributed by atoms with Gasteiger partial charge in [-0.3, -0.25) is 9.59 Å². The van der Waals surface area contributed by atoms with E-state index in [9.17, 15) is 9.59 Å². The molecule has 5 nitrogen and oxygen atoms in total. The summed E-state index contributed by atoms with van der Waals surface area (Å²) in [5, 5.41) is 8.92. The Morgan fingerprint density at radius 3 is 2.74 bits per heavy atom. The molecule has 1 unspecified atom stereocenters. The summed E-state index contributed by atoms with van der Waals surface area (Å²) in [6.45, 7) is 6.52. The number of hydrogen-bond donors (Lipinski definition) is 1. The fraction of sp³-hybridized carbons (Fsp3) is 0.714. The molecular weight excluding hydrogens is 246 g/mol. The molecule has 1 N–H and O–H groups in total. The van der Waals surface area contributed by atoms with Crippen LogP contribution >= 0.6 is 0 Å². The average Bonchev–Trinajstić information content (AvgIpc) is 3.19. The van der Waals surface area contributed by atoms with Crippen LogP contribution in [0.2, 0.25) is 0 Å². The largest absolute Gasteiger partial charge is 0.481 e. The number of carboxylic acid groups (broad SMARTS) is 1. The van der Waals surface area contributed by atoms with Gasteiger partial charge in [-0.1, -0.05) is 13.0 Å². The van der Waals surface area contributed by atoms with Crippen molar-refractivity contribution in [1.82, 2.24) is 4.90 Å². The lowest BCUT2D eigenvalue weighted by atomic mass is 10.1. The van der Waals surface area contributed by atoms with Crippen molar-refractivity contribution in [2.75, 3.05) is 19.8 Å². The number of carbonyl (C=O) groups excluding carboxylic acids is 1. The van der Waals surface area contributed by atoms with Gasteiger partial charge in [0.1, 0.15) is 0 Å². The molecular formula is C14H23NO4. The van der Waals surface area contributed by atoms with Crippen molar-refractivity contribution in [2.45, 2.75) is 38.6 Å². The molecule has 19 heavy (non-hydrogen) atoms. The molecule has 0 spiro atoms. The molecule has 0 bridgehead atoms. The van der Waals surface area contributed by atoms with Gasteiger partial charge in [0.15, 0.2) is 0 Å². The van der Waals surface area contributed by atoms with Crippen LogP contribution in [0.3, 0.4) is 0 Å². The molecule has 1 aliphatic rings. The molecule has 0 aromatic rings. The van der Waals surface area contributed by atoms with Crippen LogP contribution in [-0.2, 0) is 14.3 Å². The van der Waals surface area contributed by atoms with Crippen molar-refractivity contribution in [2.24, 2.45) is 5.92 Å². The van der Waals surface area contributed by atoms with Crippen LogP contribution in [0.15, 0.2) is 12.7 Å². The molecule has 0 heterocycles. The second kappa shape index (κ2) is 7.94. The van der Waals surface area contributed by atoms with Crippen molar-refractivity contribution >= 4 is 11.9 Å². The van der Waals surface area contributed by atoms with E-state index >= 15 is 0 Å². The second-order valence-corrected chi connectivity index (χ2v) is 4.98. The Hall–Kier alpha value is -1.36. The molecule has 1 aliphatic carbocycles. The Kier molecular flexibility index (Phi) is 6.56. The van der Waals surface area contributed by atoms with E-state index in [2.05, 4.69) is 6.58 Å². The van der Waals surface area contributed by atoms with Gasteiger partial charge in [0.05, 0.1) is 12.5 Å². The average molecular weight is 269 g/mol. The Morgan fingerprint density at radius 1 is 1.53 bits per heavy atom. The maximum absolute atomic E-state index is 12.1. The third-order valence-corrected chi connectivity index (χ3v) is 3.12. The summed E-state index contributed by atoms with van der Waals surface area (Å²) < 4.78 is 5.23. The molecule has 0 radical (unpaired) electrons. The van der Waals surface area contributed by atoms with Crippen molar-refractivity contribution in [3.05, 3.63) is 12.7 Å². The van der Waals surface area contributed by atoms with Crippen molar-refractivity contribution < 1.29 is 19.4 Å². The molecule has 5 heteroatoms. The first-order valence-electron chi connectivity index (χ1n) is 6.77. The van der Waals surface area contributed by atoms with Crippen LogP contribution in [0.4, 0.5) is 0 Å². The first kappa shape index (κ1) is 15.7. The quantitative estimate of drug-likeness (QED) is 0.484. The van der Waals surface area contributed by atoms with E-state index in [0.29, 0.717) is 32.6 Å². The van der Waals surface area contributed by atoms with Gasteiger partial charge in [0.2, 0.25) is 5.91 Å². The number of rotatable bonds is 10. The first-order chi connectivity index (χ1) is 9.06. The molecule has 1 atom stereocenters. The number of carbonyl (C=O) groups is 2. The van der Waals surface area contributed by atoms with Crippen LogP contribution in [0, 0.1) is 5.92 Å². The Morgan fingerprint density at radius 2 is 2.21 bits per heavy atom. The molecule has 1 rings (SSSR count). The monoisotopic (exact) mass is 269 g/mol. The predicted molar refractivity (Wildman–Crippen MR) is 71.8 cm³/mol. The molecule has 108 valence electrons. The summed E-state index contributed by atoms with van der Waals surface area (Å²) in [7, 11) is 0. The summed E-state index contributed by atoms with van der Waals surface area (Å²) >= 11 is 0. The molecule has 0 aliphatic heterocycles. The Bertz CT molecular complexity index is 325. The number of aliphatic carboxylic acids is 1. The molecule has 1 amide bonds. The highest BCUT2D eigenvalue weighted by Gasteiger charge is 2.33. The number of nitrogens with zero attached hydrogens (tertiary/aromatic N) is 1. The number of amides is 1. The van der Waals surface area contributed by atoms with E-state index < -0.39 is 11.9 Å². The molecule has 0 saturated heterocycles. The normalized spacial score (nSPS) is 15.8. The SMILES string of the molecule is C=CCOCCCC(=O)N(CC(C)C(=O)O)C1CC1. The summed E-state index contributed by atoms with van der Waals surface area (Å²) in [5.74, 6) is -1.33. The van der Waals surface area contributed by atoms with E-state index in [1.54, 1.807) is 17.9 Å². The zero-order valence-electron chi connectivity index (χ0n) is 11.5. The highest BCUT2D eigenvalue weighted by molar-refractivity contribution is 5.78. The van der Waals surface area contributed by atoms with E-state index in [1.165, 1.54) is 0 Å². The van der Waals surface area contributed by atoms with Gasteiger partial charge in [-0.05, 0) is 19.3 Å². The molecule has 0 aromatic heterocycles. The van der Waals surface area contributed by atoms with Crippen molar-refractivity contribution in [3.63, 3.8) is 0 Å². The van der Waals surface area contributed by atoms with E-state index in [1.807, 2.05) is 0 Å². The van der Waals surface area contributed by atoms with Crippen molar-refractivity contribution in [1.29, 1.82) is 0 Å². The van der Waals surface area contributed by atoms with Gasteiger partial charge < -0.3 is 14.7 Å². The predicted octanol–water partition coefficient (Wildman–Crippen LogP) is 1.68. The van der Waals surface area contributed by atoms with Gasteiger partial charge in [-0.25, -0.2) is 0 Å². The van der Waals surface area contributed by atoms with Gasteiger partial charge in [0.25, 0.3) is 0 Å². The first-order valence-corrected chi connectivity index (χ1v) is 6.77. The summed E-state index contributed by atoms with van der Waals surface area (Å²) in [6, 6.07) is 0.253. The topological polar surface area (TPSA) is 66.8 Å². The van der Waals surface area contributed by atoms with Crippen LogP contribution in [0.1, 0.15) is 32.6 Å². The fourth-order valence-corrected chi connectivity index (χ4v) is 1.85. The third kappa shape index (κ3) is 5.87. The summed E-state index contributed by atoms with van der Waals surface area (Å²) in [5.41, 5.74) is 0. The number of carboxylic acids is 1. The van der Waals surface area contributed by atoms with Gasteiger partial charge in [-0.2, -0.15) is 0 Å². The standard InChI is InChI=1S/C14H23NO4/c1-3-8-19-9-4-5-13(16)15(12-6-7-12)10-11(2)14(17)18/h3,11-12H,1,4-10H2,2H3,(H,17,18). The van der Waals surface area contributed by atoms with Crippen molar-refractivity contribution in [3.8, 4) is 0 Å². The van der Waals surface area contributed by atoms with E-state index in [-0.39, 0.29) is 11.9 Å². The maximum Gasteiger partial charge on any atom is 0.308 e. The second-order valence-electron chi connectivity index (χ2n) is 4.98.